The number of rotatable bonds is 6. The molecule has 0 fully saturated rings. The molecule has 1 heterocycles. The van der Waals surface area contributed by atoms with Gasteiger partial charge in [-0.05, 0) is 24.3 Å². The fraction of sp³-hybridized carbons (Fsp3) is 0.385. The Kier molecular flexibility index (Phi) is 4.50. The first kappa shape index (κ1) is 14.4. The topological polar surface area (TPSA) is 51.1 Å². The standard InChI is InChI=1S/C13H17ClN2O2S/c1-19(17,18)9-6-15-5-8-16-7-4-11-10-12(14)2-3-13(11)16/h2-4,7,10,15H,5-6,8-9H2,1H3. The summed E-state index contributed by atoms with van der Waals surface area (Å²) < 4.78 is 24.1. The molecule has 0 spiro atoms. The Morgan fingerprint density at radius 2 is 2.05 bits per heavy atom. The molecule has 0 amide bonds. The van der Waals surface area contributed by atoms with Crippen molar-refractivity contribution in [1.29, 1.82) is 0 Å². The van der Waals surface area contributed by atoms with Crippen molar-refractivity contribution in [3.05, 3.63) is 35.5 Å². The molecule has 0 radical (unpaired) electrons. The highest BCUT2D eigenvalue weighted by molar-refractivity contribution is 7.90. The van der Waals surface area contributed by atoms with E-state index in [4.69, 9.17) is 11.6 Å². The van der Waals surface area contributed by atoms with Crippen LogP contribution < -0.4 is 5.32 Å². The van der Waals surface area contributed by atoms with Crippen molar-refractivity contribution in [1.82, 2.24) is 9.88 Å². The molecule has 4 nitrogen and oxygen atoms in total. The maximum atomic E-state index is 11.0. The van der Waals surface area contributed by atoms with E-state index in [0.29, 0.717) is 6.54 Å². The number of benzene rings is 1. The van der Waals surface area contributed by atoms with Crippen LogP contribution in [0.4, 0.5) is 0 Å². The van der Waals surface area contributed by atoms with Gasteiger partial charge in [-0.2, -0.15) is 0 Å². The van der Waals surface area contributed by atoms with Gasteiger partial charge in [0.1, 0.15) is 9.84 Å². The van der Waals surface area contributed by atoms with E-state index in [1.54, 1.807) is 0 Å². The van der Waals surface area contributed by atoms with E-state index in [0.717, 1.165) is 29.0 Å². The van der Waals surface area contributed by atoms with Gasteiger partial charge in [0.25, 0.3) is 0 Å². The predicted molar refractivity (Wildman–Crippen MR) is 79.5 cm³/mol. The van der Waals surface area contributed by atoms with Crippen LogP contribution in [0.5, 0.6) is 0 Å². The van der Waals surface area contributed by atoms with E-state index in [9.17, 15) is 8.42 Å². The van der Waals surface area contributed by atoms with Gasteiger partial charge in [0.2, 0.25) is 0 Å². The van der Waals surface area contributed by atoms with Crippen LogP contribution in [0.2, 0.25) is 5.02 Å². The number of aromatic nitrogens is 1. The maximum absolute atomic E-state index is 11.0. The third-order valence-corrected chi connectivity index (χ3v) is 4.09. The molecule has 0 aliphatic carbocycles. The van der Waals surface area contributed by atoms with E-state index in [2.05, 4.69) is 9.88 Å². The zero-order valence-electron chi connectivity index (χ0n) is 10.8. The molecule has 1 aromatic carbocycles. The van der Waals surface area contributed by atoms with Crippen molar-refractivity contribution in [2.75, 3.05) is 25.1 Å². The summed E-state index contributed by atoms with van der Waals surface area (Å²) in [5.74, 6) is 0.176. The number of hydrogen-bond acceptors (Lipinski definition) is 3. The minimum absolute atomic E-state index is 0.176. The zero-order valence-corrected chi connectivity index (χ0v) is 12.3. The molecular weight excluding hydrogens is 284 g/mol. The zero-order chi connectivity index (χ0) is 13.9. The average molecular weight is 301 g/mol. The molecule has 2 rings (SSSR count). The van der Waals surface area contributed by atoms with Gasteiger partial charge in [0.15, 0.2) is 0 Å². The van der Waals surface area contributed by atoms with Gasteiger partial charge in [-0.3, -0.25) is 0 Å². The highest BCUT2D eigenvalue weighted by Crippen LogP contribution is 2.20. The van der Waals surface area contributed by atoms with Crippen LogP contribution in [-0.4, -0.2) is 38.1 Å². The van der Waals surface area contributed by atoms with Crippen molar-refractivity contribution in [2.45, 2.75) is 6.54 Å². The van der Waals surface area contributed by atoms with Crippen LogP contribution in [0.15, 0.2) is 30.5 Å². The maximum Gasteiger partial charge on any atom is 0.148 e. The highest BCUT2D eigenvalue weighted by atomic mass is 35.5. The molecule has 0 saturated heterocycles. The molecule has 104 valence electrons. The third kappa shape index (κ3) is 4.23. The van der Waals surface area contributed by atoms with E-state index < -0.39 is 9.84 Å². The number of sulfone groups is 1. The second-order valence-electron chi connectivity index (χ2n) is 4.59. The van der Waals surface area contributed by atoms with Gasteiger partial charge >= 0.3 is 0 Å². The minimum Gasteiger partial charge on any atom is -0.346 e. The minimum atomic E-state index is -2.88. The van der Waals surface area contributed by atoms with Crippen molar-refractivity contribution < 1.29 is 8.42 Å². The molecule has 0 saturated carbocycles. The first-order valence-corrected chi connectivity index (χ1v) is 8.52. The van der Waals surface area contributed by atoms with Gasteiger partial charge in [0, 0.05) is 48.0 Å². The van der Waals surface area contributed by atoms with E-state index in [1.807, 2.05) is 30.5 Å². The summed E-state index contributed by atoms with van der Waals surface area (Å²) in [6.45, 7) is 2.03. The Morgan fingerprint density at radius 3 is 2.79 bits per heavy atom. The molecule has 0 atom stereocenters. The quantitative estimate of drug-likeness (QED) is 0.829. The summed E-state index contributed by atoms with van der Waals surface area (Å²) in [6.07, 6.45) is 3.26. The van der Waals surface area contributed by atoms with Crippen LogP contribution in [0, 0.1) is 0 Å². The van der Waals surface area contributed by atoms with Gasteiger partial charge < -0.3 is 9.88 Å². The monoisotopic (exact) mass is 300 g/mol. The Bertz CT molecular complexity index is 664. The molecular formula is C13H17ClN2O2S. The lowest BCUT2D eigenvalue weighted by molar-refractivity contribution is 0.589. The lowest BCUT2D eigenvalue weighted by atomic mass is 10.2. The summed E-state index contributed by atoms with van der Waals surface area (Å²) in [5.41, 5.74) is 1.13. The molecule has 0 aliphatic rings. The van der Waals surface area contributed by atoms with Gasteiger partial charge in [0.05, 0.1) is 5.75 Å². The fourth-order valence-electron chi connectivity index (χ4n) is 1.95. The number of nitrogens with one attached hydrogen (secondary N) is 1. The first-order chi connectivity index (χ1) is 8.96. The molecule has 1 N–H and O–H groups in total. The van der Waals surface area contributed by atoms with Crippen molar-refractivity contribution in [3.8, 4) is 0 Å². The normalized spacial score (nSPS) is 12.1. The second-order valence-corrected chi connectivity index (χ2v) is 7.29. The molecule has 1 aromatic heterocycles. The largest absolute Gasteiger partial charge is 0.346 e. The second kappa shape index (κ2) is 5.94. The van der Waals surface area contributed by atoms with Crippen molar-refractivity contribution in [2.24, 2.45) is 0 Å². The number of hydrogen-bond donors (Lipinski definition) is 1. The Hall–Kier alpha value is -1.04. The highest BCUT2D eigenvalue weighted by Gasteiger charge is 2.02. The molecule has 0 bridgehead atoms. The number of halogens is 1. The number of fused-ring (bicyclic) bond motifs is 1. The lowest BCUT2D eigenvalue weighted by Gasteiger charge is -2.07. The van der Waals surface area contributed by atoms with Crippen LogP contribution in [0.25, 0.3) is 10.9 Å². The van der Waals surface area contributed by atoms with E-state index in [-0.39, 0.29) is 5.75 Å². The lowest BCUT2D eigenvalue weighted by Crippen LogP contribution is -2.25. The summed E-state index contributed by atoms with van der Waals surface area (Å²) in [7, 11) is -2.88. The molecule has 2 aromatic rings. The van der Waals surface area contributed by atoms with Crippen molar-refractivity contribution >= 4 is 32.3 Å². The summed E-state index contributed by atoms with van der Waals surface area (Å²) in [5, 5.41) is 4.98. The molecule has 0 unspecified atom stereocenters. The summed E-state index contributed by atoms with van der Waals surface area (Å²) >= 11 is 5.94. The van der Waals surface area contributed by atoms with Gasteiger partial charge in [-0.1, -0.05) is 11.6 Å². The third-order valence-electron chi connectivity index (χ3n) is 2.91. The van der Waals surface area contributed by atoms with Gasteiger partial charge in [-0.25, -0.2) is 8.42 Å². The molecule has 6 heteroatoms. The van der Waals surface area contributed by atoms with E-state index >= 15 is 0 Å². The van der Waals surface area contributed by atoms with Crippen LogP contribution >= 0.6 is 11.6 Å². The predicted octanol–water partition coefficient (Wildman–Crippen LogP) is 1.93. The van der Waals surface area contributed by atoms with E-state index in [1.165, 1.54) is 6.26 Å². The first-order valence-electron chi connectivity index (χ1n) is 6.08. The van der Waals surface area contributed by atoms with Crippen LogP contribution in [0.1, 0.15) is 0 Å². The Morgan fingerprint density at radius 1 is 1.26 bits per heavy atom. The Balaban J connectivity index is 1.88. The molecule has 0 aliphatic heterocycles. The summed E-state index contributed by atoms with van der Waals surface area (Å²) in [4.78, 5) is 0. The average Bonchev–Trinajstić information content (AvgIpc) is 2.69. The smallest absolute Gasteiger partial charge is 0.148 e. The van der Waals surface area contributed by atoms with Gasteiger partial charge in [-0.15, -0.1) is 0 Å². The number of nitrogens with zero attached hydrogens (tertiary/aromatic N) is 1. The fourth-order valence-corrected chi connectivity index (χ4v) is 2.64. The van der Waals surface area contributed by atoms with Crippen molar-refractivity contribution in [3.63, 3.8) is 0 Å². The summed E-state index contributed by atoms with van der Waals surface area (Å²) in [6, 6.07) is 7.83. The van der Waals surface area contributed by atoms with Crippen LogP contribution in [-0.2, 0) is 16.4 Å². The molecule has 19 heavy (non-hydrogen) atoms. The SMILES string of the molecule is CS(=O)(=O)CCNCCn1ccc2cc(Cl)ccc21. The Labute approximate surface area is 118 Å². The van der Waals surface area contributed by atoms with Crippen LogP contribution in [0.3, 0.4) is 0 Å².